The van der Waals surface area contributed by atoms with Crippen LogP contribution in [0.15, 0.2) is 0 Å². The van der Waals surface area contributed by atoms with Crippen LogP contribution in [0.25, 0.3) is 0 Å². The quantitative estimate of drug-likeness (QED) is 0.556. The van der Waals surface area contributed by atoms with E-state index in [1.165, 1.54) is 7.05 Å². The number of morpholine rings is 1. The van der Waals surface area contributed by atoms with Crippen LogP contribution < -0.4 is 0 Å². The molecule has 0 bridgehead atoms. The van der Waals surface area contributed by atoms with Gasteiger partial charge in [-0.2, -0.15) is 4.31 Å². The Bertz CT molecular complexity index is 554. The second kappa shape index (κ2) is 8.24. The zero-order valence-electron chi connectivity index (χ0n) is 14.3. The van der Waals surface area contributed by atoms with E-state index in [9.17, 15) is 18.0 Å². The van der Waals surface area contributed by atoms with Gasteiger partial charge in [0.15, 0.2) is 0 Å². The smallest absolute Gasteiger partial charge is 0.238 e. The Morgan fingerprint density at radius 3 is 1.96 bits per heavy atom. The Morgan fingerprint density at radius 1 is 0.958 bits per heavy atom. The van der Waals surface area contributed by atoms with Gasteiger partial charge in [0.2, 0.25) is 21.8 Å². The summed E-state index contributed by atoms with van der Waals surface area (Å²) in [7, 11) is -1.99. The first-order chi connectivity index (χ1) is 11.3. The minimum absolute atomic E-state index is 0.0669. The fraction of sp³-hybridized carbons (Fsp3) is 0.857. The summed E-state index contributed by atoms with van der Waals surface area (Å²) in [6.45, 7) is 4.90. The summed E-state index contributed by atoms with van der Waals surface area (Å²) in [4.78, 5) is 29.9. The summed E-state index contributed by atoms with van der Waals surface area (Å²) in [5.74, 6) is -0.166. The molecule has 0 atom stereocenters. The molecule has 0 unspecified atom stereocenters. The summed E-state index contributed by atoms with van der Waals surface area (Å²) in [5.41, 5.74) is 0. The van der Waals surface area contributed by atoms with Crippen molar-refractivity contribution < 1.29 is 22.7 Å². The van der Waals surface area contributed by atoms with Gasteiger partial charge in [0.25, 0.3) is 0 Å². The number of ether oxygens (including phenoxy) is 1. The molecule has 0 N–H and O–H groups in total. The molecule has 0 radical (unpaired) electrons. The van der Waals surface area contributed by atoms with E-state index in [2.05, 4.69) is 4.90 Å². The van der Waals surface area contributed by atoms with Crippen molar-refractivity contribution in [3.63, 3.8) is 0 Å². The third-order valence-corrected chi connectivity index (χ3v) is 5.63. The molecule has 2 saturated heterocycles. The molecule has 10 heteroatoms. The number of rotatable bonds is 5. The predicted octanol–water partition coefficient (Wildman–Crippen LogP) is -2.12. The van der Waals surface area contributed by atoms with Crippen molar-refractivity contribution in [1.29, 1.82) is 0 Å². The minimum Gasteiger partial charge on any atom is -0.379 e. The predicted molar refractivity (Wildman–Crippen MR) is 87.9 cm³/mol. The topological polar surface area (TPSA) is 90.5 Å². The maximum absolute atomic E-state index is 12.3. The van der Waals surface area contributed by atoms with E-state index in [0.29, 0.717) is 45.9 Å². The van der Waals surface area contributed by atoms with Gasteiger partial charge in [0, 0.05) is 46.3 Å². The van der Waals surface area contributed by atoms with E-state index in [-0.39, 0.29) is 18.4 Å². The number of carbonyl (C=O) groups excluding carboxylic acids is 2. The molecule has 0 aromatic rings. The van der Waals surface area contributed by atoms with Gasteiger partial charge in [-0.15, -0.1) is 0 Å². The van der Waals surface area contributed by atoms with Crippen molar-refractivity contribution in [1.82, 2.24) is 19.0 Å². The minimum atomic E-state index is -3.37. The lowest BCUT2D eigenvalue weighted by Crippen LogP contribution is -2.54. The molecule has 2 aliphatic rings. The van der Waals surface area contributed by atoms with Crippen LogP contribution in [0, 0.1) is 0 Å². The summed E-state index contributed by atoms with van der Waals surface area (Å²) < 4.78 is 29.0. The molecule has 24 heavy (non-hydrogen) atoms. The van der Waals surface area contributed by atoms with E-state index in [4.69, 9.17) is 4.74 Å². The molecule has 2 rings (SSSR count). The molecule has 2 amide bonds. The van der Waals surface area contributed by atoms with Crippen molar-refractivity contribution in [2.75, 3.05) is 78.9 Å². The molecule has 0 spiro atoms. The Labute approximate surface area is 143 Å². The molecule has 2 aliphatic heterocycles. The molecule has 138 valence electrons. The molecule has 2 fully saturated rings. The van der Waals surface area contributed by atoms with Crippen molar-refractivity contribution >= 4 is 21.8 Å². The molecule has 9 nitrogen and oxygen atoms in total. The summed E-state index contributed by atoms with van der Waals surface area (Å²) in [6, 6.07) is 0. The molecule has 0 aromatic carbocycles. The fourth-order valence-corrected chi connectivity index (χ4v) is 3.01. The average molecular weight is 362 g/mol. The van der Waals surface area contributed by atoms with Gasteiger partial charge in [-0.1, -0.05) is 0 Å². The van der Waals surface area contributed by atoms with E-state index in [1.807, 2.05) is 0 Å². The van der Waals surface area contributed by atoms with Crippen molar-refractivity contribution in [2.45, 2.75) is 0 Å². The van der Waals surface area contributed by atoms with Crippen molar-refractivity contribution in [3.05, 3.63) is 0 Å². The average Bonchev–Trinajstić information content (AvgIpc) is 2.55. The van der Waals surface area contributed by atoms with E-state index in [1.54, 1.807) is 9.80 Å². The van der Waals surface area contributed by atoms with Crippen molar-refractivity contribution in [2.24, 2.45) is 0 Å². The molecule has 0 aromatic heterocycles. The number of likely N-dealkylation sites (N-methyl/N-ethyl adjacent to an activating group) is 1. The summed E-state index contributed by atoms with van der Waals surface area (Å²) >= 11 is 0. The highest BCUT2D eigenvalue weighted by molar-refractivity contribution is 7.88. The standard InChI is InChI=1S/C14H26N4O5S/c1-15(24(2,21)22)11-13(19)17-3-5-18(6-4-17)14(20)12-16-7-9-23-10-8-16/h3-12H2,1-2H3. The van der Waals surface area contributed by atoms with Gasteiger partial charge < -0.3 is 14.5 Å². The van der Waals surface area contributed by atoms with Gasteiger partial charge >= 0.3 is 0 Å². The maximum Gasteiger partial charge on any atom is 0.238 e. The zero-order chi connectivity index (χ0) is 17.7. The molecule has 0 saturated carbocycles. The Hall–Kier alpha value is -1.23. The first kappa shape index (κ1) is 19.1. The third-order valence-electron chi connectivity index (χ3n) is 4.37. The SMILES string of the molecule is CN(CC(=O)N1CCN(C(=O)CN2CCOCC2)CC1)S(C)(=O)=O. The van der Waals surface area contributed by atoms with Crippen LogP contribution in [0.5, 0.6) is 0 Å². The van der Waals surface area contributed by atoms with E-state index >= 15 is 0 Å². The normalized spacial score (nSPS) is 20.5. The van der Waals surface area contributed by atoms with Crippen LogP contribution in [-0.4, -0.2) is 118 Å². The number of piperazine rings is 1. The number of nitrogens with zero attached hydrogens (tertiary/aromatic N) is 4. The van der Waals surface area contributed by atoms with Crippen LogP contribution in [0.3, 0.4) is 0 Å². The Morgan fingerprint density at radius 2 is 1.46 bits per heavy atom. The van der Waals surface area contributed by atoms with Gasteiger partial charge in [-0.05, 0) is 0 Å². The molecular weight excluding hydrogens is 336 g/mol. The molecule has 0 aliphatic carbocycles. The Kier molecular flexibility index (Phi) is 6.55. The lowest BCUT2D eigenvalue weighted by Gasteiger charge is -2.36. The van der Waals surface area contributed by atoms with Crippen LogP contribution in [-0.2, 0) is 24.3 Å². The van der Waals surface area contributed by atoms with Gasteiger partial charge in [0.1, 0.15) is 0 Å². The fourth-order valence-electron chi connectivity index (χ4n) is 2.66. The number of hydrogen-bond donors (Lipinski definition) is 0. The number of amides is 2. The van der Waals surface area contributed by atoms with E-state index in [0.717, 1.165) is 23.7 Å². The van der Waals surface area contributed by atoms with Crippen LogP contribution in [0.1, 0.15) is 0 Å². The van der Waals surface area contributed by atoms with Gasteiger partial charge in [-0.3, -0.25) is 14.5 Å². The largest absolute Gasteiger partial charge is 0.379 e. The van der Waals surface area contributed by atoms with Crippen LogP contribution in [0.4, 0.5) is 0 Å². The number of hydrogen-bond acceptors (Lipinski definition) is 6. The maximum atomic E-state index is 12.3. The first-order valence-corrected chi connectivity index (χ1v) is 9.89. The number of sulfonamides is 1. The first-order valence-electron chi connectivity index (χ1n) is 8.04. The molecule has 2 heterocycles. The van der Waals surface area contributed by atoms with Gasteiger partial charge in [0.05, 0.1) is 32.6 Å². The van der Waals surface area contributed by atoms with E-state index < -0.39 is 10.0 Å². The zero-order valence-corrected chi connectivity index (χ0v) is 15.1. The highest BCUT2D eigenvalue weighted by Gasteiger charge is 2.27. The molecular formula is C14H26N4O5S. The van der Waals surface area contributed by atoms with Crippen LogP contribution >= 0.6 is 0 Å². The second-order valence-electron chi connectivity index (χ2n) is 6.17. The van der Waals surface area contributed by atoms with Gasteiger partial charge in [-0.25, -0.2) is 8.42 Å². The second-order valence-corrected chi connectivity index (χ2v) is 8.26. The highest BCUT2D eigenvalue weighted by Crippen LogP contribution is 2.06. The third kappa shape index (κ3) is 5.40. The Balaban J connectivity index is 1.76. The lowest BCUT2D eigenvalue weighted by atomic mass is 10.3. The lowest BCUT2D eigenvalue weighted by molar-refractivity contribution is -0.140. The monoisotopic (exact) mass is 362 g/mol. The van der Waals surface area contributed by atoms with Crippen LogP contribution in [0.2, 0.25) is 0 Å². The number of carbonyl (C=O) groups is 2. The van der Waals surface area contributed by atoms with Crippen molar-refractivity contribution in [3.8, 4) is 0 Å². The summed E-state index contributed by atoms with van der Waals surface area (Å²) in [5, 5.41) is 0. The highest BCUT2D eigenvalue weighted by atomic mass is 32.2. The summed E-state index contributed by atoms with van der Waals surface area (Å²) in [6.07, 6.45) is 1.07.